The Bertz CT molecular complexity index is 787. The van der Waals surface area contributed by atoms with Crippen LogP contribution in [0.2, 0.25) is 0 Å². The summed E-state index contributed by atoms with van der Waals surface area (Å²) in [6.07, 6.45) is 5.09. The van der Waals surface area contributed by atoms with Gasteiger partial charge >= 0.3 is 0 Å². The number of hydrogen-bond donors (Lipinski definition) is 1. The molecule has 0 bridgehead atoms. The Morgan fingerprint density at radius 3 is 2.50 bits per heavy atom. The molecule has 0 fully saturated rings. The van der Waals surface area contributed by atoms with E-state index in [2.05, 4.69) is 68.2 Å². The Kier molecular flexibility index (Phi) is 5.44. The van der Waals surface area contributed by atoms with Crippen molar-refractivity contribution in [1.29, 1.82) is 0 Å². The van der Waals surface area contributed by atoms with Gasteiger partial charge in [-0.2, -0.15) is 0 Å². The topological polar surface area (TPSA) is 25.0 Å². The van der Waals surface area contributed by atoms with Crippen LogP contribution < -0.4 is 4.74 Å². The molecule has 0 spiro atoms. The molecule has 0 radical (unpaired) electrons. The van der Waals surface area contributed by atoms with E-state index in [1.807, 2.05) is 0 Å². The quantitative estimate of drug-likeness (QED) is 0.499. The van der Waals surface area contributed by atoms with Crippen molar-refractivity contribution in [2.75, 3.05) is 6.61 Å². The maximum atomic E-state index is 6.12. The van der Waals surface area contributed by atoms with Gasteiger partial charge in [-0.1, -0.05) is 70.4 Å². The van der Waals surface area contributed by atoms with Crippen LogP contribution in [0.1, 0.15) is 46.5 Å². The van der Waals surface area contributed by atoms with Crippen LogP contribution in [-0.2, 0) is 0 Å². The molecule has 2 aromatic carbocycles. The second-order valence-corrected chi connectivity index (χ2v) is 7.42. The molecule has 0 aliphatic carbocycles. The van der Waals surface area contributed by atoms with Crippen molar-refractivity contribution in [3.8, 4) is 5.75 Å². The summed E-state index contributed by atoms with van der Waals surface area (Å²) in [6.45, 7) is 7.73. The van der Waals surface area contributed by atoms with Gasteiger partial charge in [-0.3, -0.25) is 0 Å². The first kappa shape index (κ1) is 16.9. The lowest BCUT2D eigenvalue weighted by atomic mass is 9.98. The van der Waals surface area contributed by atoms with Gasteiger partial charge in [-0.25, -0.2) is 0 Å². The monoisotopic (exact) mass is 323 g/mol. The molecular formula is C22H29NO. The highest BCUT2D eigenvalue weighted by Crippen LogP contribution is 2.31. The first-order valence-electron chi connectivity index (χ1n) is 9.27. The van der Waals surface area contributed by atoms with Gasteiger partial charge in [0.1, 0.15) is 5.75 Å². The Morgan fingerprint density at radius 2 is 1.67 bits per heavy atom. The first-order chi connectivity index (χ1) is 11.6. The summed E-state index contributed by atoms with van der Waals surface area (Å²) in [5, 5.41) is 2.51. The van der Waals surface area contributed by atoms with Crippen LogP contribution in [0.3, 0.4) is 0 Å². The molecule has 0 saturated heterocycles. The maximum Gasteiger partial charge on any atom is 0.143 e. The molecule has 1 unspecified atom stereocenters. The van der Waals surface area contributed by atoms with Gasteiger partial charge in [0.25, 0.3) is 0 Å². The Labute approximate surface area is 145 Å². The minimum absolute atomic E-state index is 0.727. The summed E-state index contributed by atoms with van der Waals surface area (Å²) in [4.78, 5) is 3.51. The van der Waals surface area contributed by atoms with E-state index in [0.717, 1.165) is 36.1 Å². The van der Waals surface area contributed by atoms with Crippen molar-refractivity contribution >= 4 is 21.8 Å². The molecule has 0 amide bonds. The minimum Gasteiger partial charge on any atom is -0.491 e. The molecular weight excluding hydrogens is 294 g/mol. The van der Waals surface area contributed by atoms with Crippen molar-refractivity contribution < 1.29 is 4.74 Å². The molecule has 1 aromatic heterocycles. The van der Waals surface area contributed by atoms with E-state index >= 15 is 0 Å². The second-order valence-electron chi connectivity index (χ2n) is 7.42. The molecule has 1 heterocycles. The Hall–Kier alpha value is -1.96. The molecule has 1 N–H and O–H groups in total. The van der Waals surface area contributed by atoms with Gasteiger partial charge in [0.15, 0.2) is 0 Å². The zero-order valence-corrected chi connectivity index (χ0v) is 15.1. The molecule has 0 aliphatic heterocycles. The van der Waals surface area contributed by atoms with Crippen molar-refractivity contribution in [3.05, 3.63) is 42.5 Å². The molecule has 3 aromatic rings. The second kappa shape index (κ2) is 7.74. The van der Waals surface area contributed by atoms with E-state index in [1.54, 1.807) is 0 Å². The lowest BCUT2D eigenvalue weighted by Gasteiger charge is -2.13. The minimum atomic E-state index is 0.727. The molecule has 1 atom stereocenters. The zero-order valence-electron chi connectivity index (χ0n) is 15.1. The van der Waals surface area contributed by atoms with Crippen molar-refractivity contribution in [2.24, 2.45) is 11.8 Å². The number of nitrogens with one attached hydrogen (secondary N) is 1. The lowest BCUT2D eigenvalue weighted by Crippen LogP contribution is -2.05. The highest BCUT2D eigenvalue weighted by atomic mass is 16.5. The van der Waals surface area contributed by atoms with Crippen LogP contribution in [0, 0.1) is 11.8 Å². The summed E-state index contributed by atoms with van der Waals surface area (Å²) < 4.78 is 6.12. The highest BCUT2D eigenvalue weighted by Gasteiger charge is 2.09. The van der Waals surface area contributed by atoms with Gasteiger partial charge in [0.05, 0.1) is 12.1 Å². The normalized spacial score (nSPS) is 13.0. The van der Waals surface area contributed by atoms with Gasteiger partial charge < -0.3 is 9.72 Å². The average molecular weight is 323 g/mol. The molecule has 128 valence electrons. The largest absolute Gasteiger partial charge is 0.491 e. The van der Waals surface area contributed by atoms with Gasteiger partial charge in [0.2, 0.25) is 0 Å². The predicted octanol–water partition coefficient (Wildman–Crippen LogP) is 6.55. The van der Waals surface area contributed by atoms with Gasteiger partial charge in [0, 0.05) is 16.3 Å². The maximum absolute atomic E-state index is 6.12. The third-order valence-corrected chi connectivity index (χ3v) is 4.85. The fourth-order valence-electron chi connectivity index (χ4n) is 3.36. The fraction of sp³-hybridized carbons (Fsp3) is 0.455. The highest BCUT2D eigenvalue weighted by molar-refractivity contribution is 6.09. The molecule has 2 heteroatoms. The smallest absolute Gasteiger partial charge is 0.143 e. The van der Waals surface area contributed by atoms with Crippen molar-refractivity contribution in [3.63, 3.8) is 0 Å². The number of H-pyrrole nitrogens is 1. The first-order valence-corrected chi connectivity index (χ1v) is 9.27. The van der Waals surface area contributed by atoms with Crippen LogP contribution in [0.4, 0.5) is 0 Å². The molecule has 0 aliphatic rings. The fourth-order valence-corrected chi connectivity index (χ4v) is 3.36. The zero-order chi connectivity index (χ0) is 16.9. The molecule has 3 rings (SSSR count). The van der Waals surface area contributed by atoms with E-state index < -0.39 is 0 Å². The van der Waals surface area contributed by atoms with Crippen LogP contribution in [-0.4, -0.2) is 11.6 Å². The standard InChI is InChI=1S/C22H29NO/c1-16(2)8-6-9-17(3)14-15-24-21-13-7-11-19-18-10-4-5-12-20(18)23-22(19)21/h4-5,7,10-13,16-17,23H,6,8-9,14-15H2,1-3H3. The number of aromatic nitrogens is 1. The summed E-state index contributed by atoms with van der Waals surface area (Å²) in [6, 6.07) is 14.8. The van der Waals surface area contributed by atoms with Gasteiger partial charge in [-0.05, 0) is 30.4 Å². The number of ether oxygens (including phenoxy) is 1. The average Bonchev–Trinajstić information content (AvgIpc) is 2.94. The summed E-state index contributed by atoms with van der Waals surface area (Å²) >= 11 is 0. The van der Waals surface area contributed by atoms with E-state index in [0.29, 0.717) is 0 Å². The SMILES string of the molecule is CC(C)CCCC(C)CCOc1cccc2c1[nH]c1ccccc12. The molecule has 2 nitrogen and oxygen atoms in total. The van der Waals surface area contributed by atoms with Gasteiger partial charge in [-0.15, -0.1) is 0 Å². The van der Waals surface area contributed by atoms with Crippen LogP contribution in [0.5, 0.6) is 5.75 Å². The number of rotatable bonds is 8. The van der Waals surface area contributed by atoms with Crippen molar-refractivity contribution in [2.45, 2.75) is 46.5 Å². The predicted molar refractivity (Wildman–Crippen MR) is 104 cm³/mol. The van der Waals surface area contributed by atoms with Crippen LogP contribution >= 0.6 is 0 Å². The number of fused-ring (bicyclic) bond motifs is 3. The van der Waals surface area contributed by atoms with Crippen LogP contribution in [0.15, 0.2) is 42.5 Å². The number of hydrogen-bond acceptors (Lipinski definition) is 1. The molecule has 0 saturated carbocycles. The summed E-state index contributed by atoms with van der Waals surface area (Å²) in [5.74, 6) is 2.51. The number of benzene rings is 2. The molecule has 24 heavy (non-hydrogen) atoms. The Morgan fingerprint density at radius 1 is 0.875 bits per heavy atom. The number of para-hydroxylation sites is 2. The van der Waals surface area contributed by atoms with Crippen molar-refractivity contribution in [1.82, 2.24) is 4.98 Å². The third kappa shape index (κ3) is 3.92. The number of aromatic amines is 1. The van der Waals surface area contributed by atoms with Crippen LogP contribution in [0.25, 0.3) is 21.8 Å². The summed E-state index contributed by atoms with van der Waals surface area (Å²) in [5.41, 5.74) is 2.29. The lowest BCUT2D eigenvalue weighted by molar-refractivity contribution is 0.278. The van der Waals surface area contributed by atoms with E-state index in [-0.39, 0.29) is 0 Å². The third-order valence-electron chi connectivity index (χ3n) is 4.85. The van der Waals surface area contributed by atoms with E-state index in [9.17, 15) is 0 Å². The van der Waals surface area contributed by atoms with E-state index in [1.165, 1.54) is 35.6 Å². The Balaban J connectivity index is 1.61. The van der Waals surface area contributed by atoms with E-state index in [4.69, 9.17) is 4.74 Å². The summed E-state index contributed by atoms with van der Waals surface area (Å²) in [7, 11) is 0.